The summed E-state index contributed by atoms with van der Waals surface area (Å²) in [6, 6.07) is 15.7. The zero-order chi connectivity index (χ0) is 19.9. The monoisotopic (exact) mass is 378 g/mol. The van der Waals surface area contributed by atoms with E-state index >= 15 is 0 Å². The van der Waals surface area contributed by atoms with E-state index in [2.05, 4.69) is 31.7 Å². The smallest absolute Gasteiger partial charge is 0.315 e. The lowest BCUT2D eigenvalue weighted by Gasteiger charge is -2.17. The second kappa shape index (κ2) is 9.14. The van der Waals surface area contributed by atoms with Crippen molar-refractivity contribution in [2.45, 2.75) is 26.1 Å². The van der Waals surface area contributed by atoms with Gasteiger partial charge in [-0.15, -0.1) is 0 Å². The molecule has 2 amide bonds. The third kappa shape index (κ3) is 5.17. The van der Waals surface area contributed by atoms with Crippen LogP contribution in [0.1, 0.15) is 29.7 Å². The summed E-state index contributed by atoms with van der Waals surface area (Å²) in [5.41, 5.74) is 4.28. The molecule has 0 aliphatic heterocycles. The summed E-state index contributed by atoms with van der Waals surface area (Å²) < 4.78 is 1.69. The van der Waals surface area contributed by atoms with E-state index in [4.69, 9.17) is 0 Å². The Hall–Kier alpha value is -3.19. The van der Waals surface area contributed by atoms with Crippen LogP contribution >= 0.6 is 0 Å². The molecule has 1 atom stereocenters. The van der Waals surface area contributed by atoms with Gasteiger partial charge in [-0.1, -0.05) is 36.4 Å². The Kier molecular flexibility index (Phi) is 6.39. The molecule has 28 heavy (non-hydrogen) atoms. The average molecular weight is 378 g/mol. The van der Waals surface area contributed by atoms with Gasteiger partial charge in [0, 0.05) is 13.1 Å². The van der Waals surface area contributed by atoms with Crippen molar-refractivity contribution in [1.29, 1.82) is 0 Å². The molecule has 0 aliphatic rings. The predicted octanol–water partition coefficient (Wildman–Crippen LogP) is 2.89. The normalized spacial score (nSPS) is 12.0. The number of amides is 2. The molecule has 7 nitrogen and oxygen atoms in total. The second-order valence-electron chi connectivity index (χ2n) is 6.99. The molecule has 1 aromatic heterocycles. The molecule has 0 fully saturated rings. The van der Waals surface area contributed by atoms with Gasteiger partial charge in [0.2, 0.25) is 0 Å². The van der Waals surface area contributed by atoms with Crippen LogP contribution in [0.2, 0.25) is 0 Å². The van der Waals surface area contributed by atoms with Gasteiger partial charge < -0.3 is 15.5 Å². The second-order valence-corrected chi connectivity index (χ2v) is 6.99. The zero-order valence-electron chi connectivity index (χ0n) is 16.5. The molecular weight excluding hydrogens is 352 g/mol. The number of nitrogens with one attached hydrogen (secondary N) is 2. The summed E-state index contributed by atoms with van der Waals surface area (Å²) in [5.74, 6) is 0. The topological polar surface area (TPSA) is 75.1 Å². The van der Waals surface area contributed by atoms with Crippen molar-refractivity contribution in [2.75, 3.05) is 14.1 Å². The highest BCUT2D eigenvalue weighted by Crippen LogP contribution is 2.15. The first-order valence-electron chi connectivity index (χ1n) is 9.24. The Labute approximate surface area is 165 Å². The molecule has 0 saturated heterocycles. The van der Waals surface area contributed by atoms with Crippen LogP contribution < -0.4 is 10.6 Å². The zero-order valence-corrected chi connectivity index (χ0v) is 16.5. The molecule has 146 valence electrons. The van der Waals surface area contributed by atoms with Gasteiger partial charge in [0.05, 0.1) is 11.7 Å². The standard InChI is InChI=1S/C21H26N6O/c1-16(17-8-10-20(11-9-17)27-15-22-14-24-27)25-21(28)23-12-18-6-4-5-7-19(18)13-26(2)3/h4-11,14-16H,12-13H2,1-3H3,(H2,23,25,28). The van der Waals surface area contributed by atoms with E-state index in [9.17, 15) is 4.79 Å². The molecular formula is C21H26N6O. The third-order valence-corrected chi connectivity index (χ3v) is 4.47. The number of carbonyl (C=O) groups excluding carboxylic acids is 1. The summed E-state index contributed by atoms with van der Waals surface area (Å²) in [5, 5.41) is 10.1. The Balaban J connectivity index is 1.55. The van der Waals surface area contributed by atoms with Crippen molar-refractivity contribution in [3.8, 4) is 5.69 Å². The maximum Gasteiger partial charge on any atom is 0.315 e. The van der Waals surface area contributed by atoms with E-state index in [1.54, 1.807) is 11.0 Å². The van der Waals surface area contributed by atoms with Gasteiger partial charge in [-0.05, 0) is 49.8 Å². The highest BCUT2D eigenvalue weighted by molar-refractivity contribution is 5.74. The maximum absolute atomic E-state index is 12.3. The number of nitrogens with zero attached hydrogens (tertiary/aromatic N) is 4. The maximum atomic E-state index is 12.3. The van der Waals surface area contributed by atoms with Crippen LogP contribution in [0.5, 0.6) is 0 Å². The van der Waals surface area contributed by atoms with Gasteiger partial charge in [-0.25, -0.2) is 14.5 Å². The first-order chi connectivity index (χ1) is 13.5. The van der Waals surface area contributed by atoms with Crippen LogP contribution in [0, 0.1) is 0 Å². The molecule has 7 heteroatoms. The van der Waals surface area contributed by atoms with Gasteiger partial charge in [0.15, 0.2) is 0 Å². The molecule has 3 rings (SSSR count). The lowest BCUT2D eigenvalue weighted by Crippen LogP contribution is -2.36. The molecule has 3 aromatic rings. The summed E-state index contributed by atoms with van der Waals surface area (Å²) in [6.45, 7) is 3.30. The largest absolute Gasteiger partial charge is 0.334 e. The lowest BCUT2D eigenvalue weighted by molar-refractivity contribution is 0.237. The number of hydrogen-bond acceptors (Lipinski definition) is 4. The molecule has 1 heterocycles. The molecule has 2 aromatic carbocycles. The minimum absolute atomic E-state index is 0.109. The van der Waals surface area contributed by atoms with E-state index in [-0.39, 0.29) is 12.1 Å². The van der Waals surface area contributed by atoms with Crippen molar-refractivity contribution in [3.05, 3.63) is 77.9 Å². The van der Waals surface area contributed by atoms with Crippen molar-refractivity contribution < 1.29 is 4.79 Å². The third-order valence-electron chi connectivity index (χ3n) is 4.47. The fraction of sp³-hybridized carbons (Fsp3) is 0.286. The Morgan fingerprint density at radius 3 is 2.46 bits per heavy atom. The molecule has 0 aliphatic carbocycles. The summed E-state index contributed by atoms with van der Waals surface area (Å²) in [6.07, 6.45) is 3.15. The van der Waals surface area contributed by atoms with E-state index in [1.807, 2.05) is 63.5 Å². The molecule has 0 saturated carbocycles. The minimum atomic E-state index is -0.187. The predicted molar refractivity (Wildman–Crippen MR) is 109 cm³/mol. The minimum Gasteiger partial charge on any atom is -0.334 e. The van der Waals surface area contributed by atoms with Crippen LogP contribution in [-0.2, 0) is 13.1 Å². The molecule has 1 unspecified atom stereocenters. The van der Waals surface area contributed by atoms with Gasteiger partial charge in [0.1, 0.15) is 12.7 Å². The number of hydrogen-bond donors (Lipinski definition) is 2. The van der Waals surface area contributed by atoms with Crippen LogP contribution in [0.4, 0.5) is 4.79 Å². The van der Waals surface area contributed by atoms with Crippen molar-refractivity contribution >= 4 is 6.03 Å². The van der Waals surface area contributed by atoms with Gasteiger partial charge in [-0.3, -0.25) is 0 Å². The Morgan fingerprint density at radius 2 is 1.82 bits per heavy atom. The molecule has 0 radical (unpaired) electrons. The van der Waals surface area contributed by atoms with Crippen molar-refractivity contribution in [3.63, 3.8) is 0 Å². The highest BCUT2D eigenvalue weighted by Gasteiger charge is 2.11. The first kappa shape index (κ1) is 19.6. The summed E-state index contributed by atoms with van der Waals surface area (Å²) >= 11 is 0. The number of urea groups is 1. The van der Waals surface area contributed by atoms with Gasteiger partial charge >= 0.3 is 6.03 Å². The van der Waals surface area contributed by atoms with Gasteiger partial charge in [-0.2, -0.15) is 5.10 Å². The van der Waals surface area contributed by atoms with E-state index in [0.717, 1.165) is 23.4 Å². The number of benzene rings is 2. The summed E-state index contributed by atoms with van der Waals surface area (Å²) in [7, 11) is 4.07. The lowest BCUT2D eigenvalue weighted by atomic mass is 10.1. The molecule has 0 spiro atoms. The Morgan fingerprint density at radius 1 is 1.11 bits per heavy atom. The van der Waals surface area contributed by atoms with E-state index in [1.165, 1.54) is 11.9 Å². The first-order valence-corrected chi connectivity index (χ1v) is 9.24. The SMILES string of the molecule is CC(NC(=O)NCc1ccccc1CN(C)C)c1ccc(-n2cncn2)cc1. The quantitative estimate of drug-likeness (QED) is 0.663. The fourth-order valence-electron chi connectivity index (χ4n) is 2.99. The highest BCUT2D eigenvalue weighted by atomic mass is 16.2. The van der Waals surface area contributed by atoms with Crippen LogP contribution in [0.25, 0.3) is 5.69 Å². The van der Waals surface area contributed by atoms with E-state index in [0.29, 0.717) is 6.54 Å². The Bertz CT molecular complexity index is 890. The number of rotatable bonds is 7. The average Bonchev–Trinajstić information content (AvgIpc) is 3.22. The number of aromatic nitrogens is 3. The summed E-state index contributed by atoms with van der Waals surface area (Å²) in [4.78, 5) is 18.4. The fourth-order valence-corrected chi connectivity index (χ4v) is 2.99. The van der Waals surface area contributed by atoms with Crippen molar-refractivity contribution in [2.24, 2.45) is 0 Å². The molecule has 0 bridgehead atoms. The van der Waals surface area contributed by atoms with Crippen LogP contribution in [0.3, 0.4) is 0 Å². The van der Waals surface area contributed by atoms with Crippen LogP contribution in [0.15, 0.2) is 61.2 Å². The van der Waals surface area contributed by atoms with Crippen molar-refractivity contribution in [1.82, 2.24) is 30.3 Å². The van der Waals surface area contributed by atoms with E-state index < -0.39 is 0 Å². The van der Waals surface area contributed by atoms with Crippen LogP contribution in [-0.4, -0.2) is 39.8 Å². The van der Waals surface area contributed by atoms with Gasteiger partial charge in [0.25, 0.3) is 0 Å². The molecule has 2 N–H and O–H groups in total. The number of carbonyl (C=O) groups is 1.